The fourth-order valence-corrected chi connectivity index (χ4v) is 1.86. The van der Waals surface area contributed by atoms with Crippen LogP contribution in [0, 0.1) is 0 Å². The zero-order chi connectivity index (χ0) is 12.0. The number of rotatable bonds is 6. The summed E-state index contributed by atoms with van der Waals surface area (Å²) in [6.45, 7) is 3.11. The Hall–Kier alpha value is -1.22. The van der Waals surface area contributed by atoms with Gasteiger partial charge in [-0.25, -0.2) is 0 Å². The zero-order valence-electron chi connectivity index (χ0n) is 10.6. The van der Waals surface area contributed by atoms with Crippen molar-refractivity contribution in [2.75, 3.05) is 27.8 Å². The highest BCUT2D eigenvalue weighted by Crippen LogP contribution is 2.29. The average Bonchev–Trinajstić information content (AvgIpc) is 2.34. The van der Waals surface area contributed by atoms with Crippen molar-refractivity contribution < 1.29 is 9.47 Å². The number of nitrogens with one attached hydrogen (secondary N) is 1. The molecule has 0 saturated carbocycles. The van der Waals surface area contributed by atoms with Crippen LogP contribution in [-0.4, -0.2) is 27.8 Å². The van der Waals surface area contributed by atoms with Crippen LogP contribution >= 0.6 is 0 Å². The molecule has 0 unspecified atom stereocenters. The van der Waals surface area contributed by atoms with Gasteiger partial charge < -0.3 is 14.8 Å². The molecule has 90 valence electrons. The second-order valence-electron chi connectivity index (χ2n) is 3.67. The molecule has 0 spiro atoms. The van der Waals surface area contributed by atoms with Gasteiger partial charge in [0.15, 0.2) is 0 Å². The first kappa shape index (κ1) is 12.8. The molecule has 0 saturated heterocycles. The summed E-state index contributed by atoms with van der Waals surface area (Å²) in [6.07, 6.45) is 1.97. The van der Waals surface area contributed by atoms with Crippen LogP contribution in [0.25, 0.3) is 0 Å². The second-order valence-corrected chi connectivity index (χ2v) is 3.67. The van der Waals surface area contributed by atoms with E-state index in [0.29, 0.717) is 0 Å². The van der Waals surface area contributed by atoms with Gasteiger partial charge in [-0.15, -0.1) is 0 Å². The third-order valence-electron chi connectivity index (χ3n) is 2.73. The van der Waals surface area contributed by atoms with Crippen molar-refractivity contribution in [1.29, 1.82) is 0 Å². The molecule has 1 aromatic rings. The van der Waals surface area contributed by atoms with Gasteiger partial charge in [0.1, 0.15) is 11.5 Å². The number of ether oxygens (including phenoxy) is 2. The molecule has 16 heavy (non-hydrogen) atoms. The van der Waals surface area contributed by atoms with Gasteiger partial charge in [0.25, 0.3) is 0 Å². The molecule has 0 aliphatic carbocycles. The van der Waals surface area contributed by atoms with Gasteiger partial charge in [-0.2, -0.15) is 0 Å². The minimum Gasteiger partial charge on any atom is -0.497 e. The third kappa shape index (κ3) is 2.89. The summed E-state index contributed by atoms with van der Waals surface area (Å²) in [6, 6.07) is 4.04. The summed E-state index contributed by atoms with van der Waals surface area (Å²) < 4.78 is 10.7. The predicted octanol–water partition coefficient (Wildman–Crippen LogP) is 2.03. The van der Waals surface area contributed by atoms with Crippen molar-refractivity contribution in [1.82, 2.24) is 5.32 Å². The molecular formula is C13H21NO2. The van der Waals surface area contributed by atoms with Gasteiger partial charge in [-0.05, 0) is 43.6 Å². The molecular weight excluding hydrogens is 202 g/mol. The van der Waals surface area contributed by atoms with Crippen LogP contribution in [0.2, 0.25) is 0 Å². The summed E-state index contributed by atoms with van der Waals surface area (Å²) in [7, 11) is 5.35. The minimum atomic E-state index is 0.861. The molecule has 0 aromatic heterocycles. The van der Waals surface area contributed by atoms with E-state index < -0.39 is 0 Å². The molecule has 1 N–H and O–H groups in total. The zero-order valence-corrected chi connectivity index (χ0v) is 10.6. The van der Waals surface area contributed by atoms with Crippen molar-refractivity contribution in [2.45, 2.75) is 19.8 Å². The van der Waals surface area contributed by atoms with E-state index in [4.69, 9.17) is 9.47 Å². The summed E-state index contributed by atoms with van der Waals surface area (Å²) in [5, 5.41) is 3.16. The van der Waals surface area contributed by atoms with E-state index in [0.717, 1.165) is 30.9 Å². The van der Waals surface area contributed by atoms with Crippen molar-refractivity contribution in [3.8, 4) is 11.5 Å². The van der Waals surface area contributed by atoms with Crippen LogP contribution in [-0.2, 0) is 12.8 Å². The molecule has 0 heterocycles. The molecule has 3 heteroatoms. The van der Waals surface area contributed by atoms with Gasteiger partial charge in [0.05, 0.1) is 14.2 Å². The normalized spacial score (nSPS) is 10.2. The van der Waals surface area contributed by atoms with Gasteiger partial charge in [0, 0.05) is 6.07 Å². The Labute approximate surface area is 97.8 Å². The standard InChI is InChI=1S/C13H21NO2/c1-5-12-10(6-7-14-2)8-11(15-3)9-13(12)16-4/h8-9,14H,5-7H2,1-4H3. The number of benzene rings is 1. The third-order valence-corrected chi connectivity index (χ3v) is 2.73. The van der Waals surface area contributed by atoms with Crippen molar-refractivity contribution in [2.24, 2.45) is 0 Å². The van der Waals surface area contributed by atoms with Crippen LogP contribution in [0.4, 0.5) is 0 Å². The highest BCUT2D eigenvalue weighted by molar-refractivity contribution is 5.46. The van der Waals surface area contributed by atoms with Crippen molar-refractivity contribution in [3.63, 3.8) is 0 Å². The minimum absolute atomic E-state index is 0.861. The lowest BCUT2D eigenvalue weighted by atomic mass is 10.0. The SMILES string of the molecule is CCc1c(CCNC)cc(OC)cc1OC. The number of methoxy groups -OCH3 is 2. The van der Waals surface area contributed by atoms with Crippen LogP contribution in [0.3, 0.4) is 0 Å². The quantitative estimate of drug-likeness (QED) is 0.800. The first-order valence-electron chi connectivity index (χ1n) is 5.65. The lowest BCUT2D eigenvalue weighted by molar-refractivity contribution is 0.390. The Kier molecular flexibility index (Phi) is 5.12. The molecule has 3 nitrogen and oxygen atoms in total. The van der Waals surface area contributed by atoms with Gasteiger partial charge in [0.2, 0.25) is 0 Å². The lowest BCUT2D eigenvalue weighted by Gasteiger charge is -2.14. The highest BCUT2D eigenvalue weighted by atomic mass is 16.5. The topological polar surface area (TPSA) is 30.5 Å². The second kappa shape index (κ2) is 6.38. The van der Waals surface area contributed by atoms with Crippen LogP contribution in [0.5, 0.6) is 11.5 Å². The maximum Gasteiger partial charge on any atom is 0.126 e. The fraction of sp³-hybridized carbons (Fsp3) is 0.538. The lowest BCUT2D eigenvalue weighted by Crippen LogP contribution is -2.12. The first-order chi connectivity index (χ1) is 7.76. The Balaban J connectivity index is 3.09. The predicted molar refractivity (Wildman–Crippen MR) is 66.6 cm³/mol. The molecule has 1 aromatic carbocycles. The van der Waals surface area contributed by atoms with Gasteiger partial charge >= 0.3 is 0 Å². The summed E-state index contributed by atoms with van der Waals surface area (Å²) >= 11 is 0. The molecule has 0 amide bonds. The number of likely N-dealkylation sites (N-methyl/N-ethyl adjacent to an activating group) is 1. The summed E-state index contributed by atoms with van der Waals surface area (Å²) in [4.78, 5) is 0. The Morgan fingerprint density at radius 2 is 1.94 bits per heavy atom. The fourth-order valence-electron chi connectivity index (χ4n) is 1.86. The van der Waals surface area contributed by atoms with E-state index in [2.05, 4.69) is 18.3 Å². The van der Waals surface area contributed by atoms with Crippen molar-refractivity contribution >= 4 is 0 Å². The molecule has 0 radical (unpaired) electrons. The van der Waals surface area contributed by atoms with E-state index in [-0.39, 0.29) is 0 Å². The molecule has 1 rings (SSSR count). The largest absolute Gasteiger partial charge is 0.497 e. The van der Waals surface area contributed by atoms with Crippen LogP contribution in [0.1, 0.15) is 18.1 Å². The van der Waals surface area contributed by atoms with E-state index in [1.54, 1.807) is 14.2 Å². The highest BCUT2D eigenvalue weighted by Gasteiger charge is 2.10. The van der Waals surface area contributed by atoms with Crippen molar-refractivity contribution in [3.05, 3.63) is 23.3 Å². The van der Waals surface area contributed by atoms with E-state index in [1.165, 1.54) is 11.1 Å². The Morgan fingerprint density at radius 3 is 2.44 bits per heavy atom. The maximum atomic E-state index is 5.40. The van der Waals surface area contributed by atoms with E-state index in [1.807, 2.05) is 13.1 Å². The number of hydrogen-bond acceptors (Lipinski definition) is 3. The molecule has 0 aliphatic rings. The van der Waals surface area contributed by atoms with E-state index in [9.17, 15) is 0 Å². The van der Waals surface area contributed by atoms with Crippen LogP contribution in [0.15, 0.2) is 12.1 Å². The van der Waals surface area contributed by atoms with Gasteiger partial charge in [-0.3, -0.25) is 0 Å². The summed E-state index contributed by atoms with van der Waals surface area (Å²) in [5.41, 5.74) is 2.58. The smallest absolute Gasteiger partial charge is 0.126 e. The average molecular weight is 223 g/mol. The summed E-state index contributed by atoms with van der Waals surface area (Å²) in [5.74, 6) is 1.79. The Morgan fingerprint density at radius 1 is 1.19 bits per heavy atom. The Bertz CT molecular complexity index is 337. The molecule has 0 atom stereocenters. The van der Waals surface area contributed by atoms with Gasteiger partial charge in [-0.1, -0.05) is 6.92 Å². The van der Waals surface area contributed by atoms with Crippen LogP contribution < -0.4 is 14.8 Å². The first-order valence-corrected chi connectivity index (χ1v) is 5.65. The van der Waals surface area contributed by atoms with E-state index >= 15 is 0 Å². The monoisotopic (exact) mass is 223 g/mol. The molecule has 0 fully saturated rings. The maximum absolute atomic E-state index is 5.40. The molecule has 0 bridgehead atoms. The number of hydrogen-bond donors (Lipinski definition) is 1. The molecule has 0 aliphatic heterocycles.